The van der Waals surface area contributed by atoms with Crippen LogP contribution in [0.5, 0.6) is 11.5 Å². The molecule has 52 heavy (non-hydrogen) atoms. The second-order valence-corrected chi connectivity index (χ2v) is 22.4. The quantitative estimate of drug-likeness (QED) is 0.186. The van der Waals surface area contributed by atoms with Crippen molar-refractivity contribution < 1.29 is 19.8 Å². The van der Waals surface area contributed by atoms with Gasteiger partial charge in [0.05, 0.1) is 0 Å². The van der Waals surface area contributed by atoms with Crippen LogP contribution in [0.4, 0.5) is 0 Å². The summed E-state index contributed by atoms with van der Waals surface area (Å²) in [6.45, 7) is 41.3. The molecule has 0 atom stereocenters. The zero-order valence-electron chi connectivity index (χ0n) is 36.8. The van der Waals surface area contributed by atoms with Gasteiger partial charge in [-0.05, 0) is 108 Å². The van der Waals surface area contributed by atoms with E-state index >= 15 is 0 Å². The SMILES string of the molecule is CC(C)(CCC(C)(C)NC(=O)C(C)(C)Cc1cc(C(C)(C)C)c(O)c(C(C)(C)C)c1)NC(=O)C(C)(C)Cc1cc(C(C)(C)C)c(O)c(C(C)(C)C)c1. The lowest BCUT2D eigenvalue weighted by atomic mass is 9.75. The highest BCUT2D eigenvalue weighted by molar-refractivity contribution is 5.83. The Morgan fingerprint density at radius 2 is 0.654 bits per heavy atom. The van der Waals surface area contributed by atoms with E-state index in [4.69, 9.17) is 0 Å². The second kappa shape index (κ2) is 14.7. The Kier molecular flexibility index (Phi) is 12.7. The lowest BCUT2D eigenvalue weighted by Gasteiger charge is -2.37. The van der Waals surface area contributed by atoms with E-state index in [9.17, 15) is 19.8 Å². The fourth-order valence-corrected chi connectivity index (χ4v) is 6.76. The van der Waals surface area contributed by atoms with Crippen LogP contribution >= 0.6 is 0 Å². The minimum absolute atomic E-state index is 0.0266. The number of phenols is 2. The number of carbonyl (C=O) groups excluding carboxylic acids is 2. The van der Waals surface area contributed by atoms with Gasteiger partial charge in [0.2, 0.25) is 11.8 Å². The van der Waals surface area contributed by atoms with E-state index in [1.807, 2.05) is 55.4 Å². The van der Waals surface area contributed by atoms with Crippen LogP contribution in [0, 0.1) is 10.8 Å². The van der Waals surface area contributed by atoms with Crippen molar-refractivity contribution >= 4 is 11.8 Å². The first-order valence-corrected chi connectivity index (χ1v) is 19.3. The van der Waals surface area contributed by atoms with Gasteiger partial charge in [-0.2, -0.15) is 0 Å². The zero-order chi connectivity index (χ0) is 40.8. The molecule has 0 aromatic heterocycles. The first-order valence-electron chi connectivity index (χ1n) is 19.3. The van der Waals surface area contributed by atoms with Crippen LogP contribution in [0.15, 0.2) is 24.3 Å². The predicted octanol–water partition coefficient (Wildman–Crippen LogP) is 10.7. The number of aromatic hydroxyl groups is 2. The molecule has 0 heterocycles. The van der Waals surface area contributed by atoms with Crippen molar-refractivity contribution in [2.75, 3.05) is 0 Å². The maximum atomic E-state index is 13.9. The van der Waals surface area contributed by atoms with Gasteiger partial charge >= 0.3 is 0 Å². The average Bonchev–Trinajstić information content (AvgIpc) is 2.90. The van der Waals surface area contributed by atoms with Gasteiger partial charge in [-0.3, -0.25) is 9.59 Å². The molecule has 0 saturated carbocycles. The molecule has 6 heteroatoms. The van der Waals surface area contributed by atoms with E-state index in [1.165, 1.54) is 0 Å². The molecule has 0 spiro atoms. The molecule has 2 rings (SSSR count). The van der Waals surface area contributed by atoms with Crippen LogP contribution in [-0.4, -0.2) is 33.1 Å². The Balaban J connectivity index is 2.20. The van der Waals surface area contributed by atoms with Crippen molar-refractivity contribution in [1.82, 2.24) is 10.6 Å². The molecule has 0 saturated heterocycles. The van der Waals surface area contributed by atoms with Gasteiger partial charge in [0.1, 0.15) is 11.5 Å². The molecule has 294 valence electrons. The third-order valence-corrected chi connectivity index (χ3v) is 10.4. The van der Waals surface area contributed by atoms with E-state index < -0.39 is 21.9 Å². The number of hydrogen-bond donors (Lipinski definition) is 4. The van der Waals surface area contributed by atoms with Crippen molar-refractivity contribution in [2.24, 2.45) is 10.8 Å². The summed E-state index contributed by atoms with van der Waals surface area (Å²) < 4.78 is 0. The Hall–Kier alpha value is -3.02. The summed E-state index contributed by atoms with van der Waals surface area (Å²) in [7, 11) is 0. The first-order chi connectivity index (χ1) is 22.9. The van der Waals surface area contributed by atoms with E-state index in [0.717, 1.165) is 33.4 Å². The van der Waals surface area contributed by atoms with Gasteiger partial charge in [0.15, 0.2) is 0 Å². The van der Waals surface area contributed by atoms with Crippen LogP contribution in [0.25, 0.3) is 0 Å². The summed E-state index contributed by atoms with van der Waals surface area (Å²) in [6.07, 6.45) is 2.42. The molecule has 0 aliphatic carbocycles. The van der Waals surface area contributed by atoms with Crippen LogP contribution in [0.1, 0.15) is 185 Å². The molecule has 0 aliphatic heterocycles. The smallest absolute Gasteiger partial charge is 0.226 e. The van der Waals surface area contributed by atoms with Crippen LogP contribution in [0.2, 0.25) is 0 Å². The largest absolute Gasteiger partial charge is 0.507 e. The van der Waals surface area contributed by atoms with E-state index in [-0.39, 0.29) is 33.5 Å². The van der Waals surface area contributed by atoms with E-state index in [0.29, 0.717) is 37.2 Å². The lowest BCUT2D eigenvalue weighted by molar-refractivity contribution is -0.132. The van der Waals surface area contributed by atoms with Crippen molar-refractivity contribution in [3.63, 3.8) is 0 Å². The molecular formula is C46H76N2O4. The van der Waals surface area contributed by atoms with Gasteiger partial charge < -0.3 is 20.8 Å². The number of carbonyl (C=O) groups is 2. The van der Waals surface area contributed by atoms with E-state index in [2.05, 4.69) is 118 Å². The summed E-state index contributed by atoms with van der Waals surface area (Å²) in [4.78, 5) is 27.7. The van der Waals surface area contributed by atoms with Crippen molar-refractivity contribution in [2.45, 2.75) is 197 Å². The Bertz CT molecular complexity index is 1420. The minimum atomic E-state index is -0.694. The Morgan fingerprint density at radius 1 is 0.442 bits per heavy atom. The number of rotatable bonds is 11. The van der Waals surface area contributed by atoms with Gasteiger partial charge in [0, 0.05) is 21.9 Å². The Labute approximate surface area is 318 Å². The van der Waals surface area contributed by atoms with Crippen molar-refractivity contribution in [3.8, 4) is 11.5 Å². The van der Waals surface area contributed by atoms with Gasteiger partial charge in [-0.1, -0.05) is 135 Å². The average molecular weight is 721 g/mol. The molecule has 0 aliphatic rings. The molecule has 2 aromatic rings. The molecule has 2 aromatic carbocycles. The maximum Gasteiger partial charge on any atom is 0.226 e. The lowest BCUT2D eigenvalue weighted by Crippen LogP contribution is -2.53. The summed E-state index contributed by atoms with van der Waals surface area (Å²) in [5, 5.41) is 29.1. The highest BCUT2D eigenvalue weighted by Gasteiger charge is 2.37. The normalized spacial score (nSPS) is 14.0. The second-order valence-electron chi connectivity index (χ2n) is 22.4. The summed E-state index contributed by atoms with van der Waals surface area (Å²) in [5.74, 6) is 0.632. The molecule has 4 N–H and O–H groups in total. The van der Waals surface area contributed by atoms with Crippen molar-refractivity contribution in [1.29, 1.82) is 0 Å². The predicted molar refractivity (Wildman–Crippen MR) is 220 cm³/mol. The number of nitrogens with one attached hydrogen (secondary N) is 2. The fourth-order valence-electron chi connectivity index (χ4n) is 6.76. The first kappa shape index (κ1) is 45.1. The van der Waals surface area contributed by atoms with Crippen molar-refractivity contribution in [3.05, 3.63) is 57.6 Å². The Morgan fingerprint density at radius 3 is 0.846 bits per heavy atom. The fraction of sp³-hybridized carbons (Fsp3) is 0.696. The topological polar surface area (TPSA) is 98.7 Å². The molecule has 6 nitrogen and oxygen atoms in total. The molecule has 0 bridgehead atoms. The standard InChI is InChI=1S/C46H76N2O4/c1-39(2,3)31-23-29(24-32(35(31)49)40(4,5)6)27-43(13,14)37(51)47-45(17,18)21-22-46(19,20)48-38(52)44(15,16)28-30-25-33(41(7,8)9)36(50)34(26-30)42(10,11)12/h23-26,49-50H,21-22,27-28H2,1-20H3,(H,47,51)(H,48,52). The number of benzene rings is 2. The van der Waals surface area contributed by atoms with E-state index in [1.54, 1.807) is 0 Å². The zero-order valence-corrected chi connectivity index (χ0v) is 36.8. The highest BCUT2D eigenvalue weighted by atomic mass is 16.3. The highest BCUT2D eigenvalue weighted by Crippen LogP contribution is 2.42. The third kappa shape index (κ3) is 11.7. The summed E-state index contributed by atoms with van der Waals surface area (Å²) in [6, 6.07) is 8.25. The molecule has 0 fully saturated rings. The summed E-state index contributed by atoms with van der Waals surface area (Å²) >= 11 is 0. The molecule has 0 unspecified atom stereocenters. The van der Waals surface area contributed by atoms with Crippen LogP contribution in [0.3, 0.4) is 0 Å². The third-order valence-electron chi connectivity index (χ3n) is 10.4. The number of phenolic OH excluding ortho intramolecular Hbond substituents is 2. The number of hydrogen-bond acceptors (Lipinski definition) is 4. The maximum absolute atomic E-state index is 13.9. The van der Waals surface area contributed by atoms with Gasteiger partial charge in [-0.25, -0.2) is 0 Å². The number of amides is 2. The molecule has 0 radical (unpaired) electrons. The van der Waals surface area contributed by atoms with Gasteiger partial charge in [0.25, 0.3) is 0 Å². The minimum Gasteiger partial charge on any atom is -0.507 e. The van der Waals surface area contributed by atoms with Crippen LogP contribution < -0.4 is 10.6 Å². The molecular weight excluding hydrogens is 645 g/mol. The molecule has 2 amide bonds. The monoisotopic (exact) mass is 721 g/mol. The van der Waals surface area contributed by atoms with Crippen LogP contribution in [-0.2, 0) is 44.1 Å². The summed E-state index contributed by atoms with van der Waals surface area (Å²) in [5.41, 5.74) is 2.26. The van der Waals surface area contributed by atoms with Gasteiger partial charge in [-0.15, -0.1) is 0 Å².